The molecule has 250 valence electrons. The van der Waals surface area contributed by atoms with Gasteiger partial charge in [0, 0.05) is 57.4 Å². The molecule has 11 heteroatoms. The number of aryl methyl sites for hydroxylation is 1. The second kappa shape index (κ2) is 16.4. The van der Waals surface area contributed by atoms with Crippen molar-refractivity contribution in [1.29, 1.82) is 0 Å². The van der Waals surface area contributed by atoms with Gasteiger partial charge in [0.2, 0.25) is 17.7 Å². The molecule has 0 bridgehead atoms. The van der Waals surface area contributed by atoms with Crippen LogP contribution in [0.1, 0.15) is 67.1 Å². The van der Waals surface area contributed by atoms with Crippen LogP contribution in [0, 0.1) is 5.92 Å². The van der Waals surface area contributed by atoms with Gasteiger partial charge in [-0.25, -0.2) is 0 Å². The first-order valence-electron chi connectivity index (χ1n) is 16.8. The summed E-state index contributed by atoms with van der Waals surface area (Å²) < 4.78 is 1.50. The first-order valence-corrected chi connectivity index (χ1v) is 16.8. The van der Waals surface area contributed by atoms with Crippen LogP contribution in [0.5, 0.6) is 0 Å². The quantitative estimate of drug-likeness (QED) is 0.240. The van der Waals surface area contributed by atoms with E-state index in [0.717, 1.165) is 44.1 Å². The van der Waals surface area contributed by atoms with Crippen LogP contribution in [0.4, 0.5) is 5.69 Å². The zero-order valence-corrected chi connectivity index (χ0v) is 27.4. The number of aromatic nitrogens is 2. The summed E-state index contributed by atoms with van der Waals surface area (Å²) in [5.41, 5.74) is 3.07. The molecule has 1 aliphatic carbocycles. The molecule has 4 N–H and O–H groups in total. The zero-order valence-electron chi connectivity index (χ0n) is 27.4. The lowest BCUT2D eigenvalue weighted by Gasteiger charge is -2.36. The normalized spacial score (nSPS) is 18.2. The van der Waals surface area contributed by atoms with Crippen LogP contribution in [0.15, 0.2) is 66.9 Å². The van der Waals surface area contributed by atoms with Gasteiger partial charge in [0.05, 0.1) is 0 Å². The summed E-state index contributed by atoms with van der Waals surface area (Å²) in [7, 11) is 1.70. The molecule has 1 saturated heterocycles. The maximum absolute atomic E-state index is 13.8. The van der Waals surface area contributed by atoms with E-state index in [1.54, 1.807) is 38.4 Å². The highest BCUT2D eigenvalue weighted by Crippen LogP contribution is 2.27. The Morgan fingerprint density at radius 3 is 2.36 bits per heavy atom. The van der Waals surface area contributed by atoms with Crippen molar-refractivity contribution >= 4 is 29.3 Å². The number of anilines is 1. The highest BCUT2D eigenvalue weighted by Gasteiger charge is 2.33. The van der Waals surface area contributed by atoms with Crippen LogP contribution in [-0.2, 0) is 34.3 Å². The summed E-state index contributed by atoms with van der Waals surface area (Å²) >= 11 is 0. The number of carbonyl (C=O) groups excluding carboxylic acids is 4. The van der Waals surface area contributed by atoms with Crippen molar-refractivity contribution in [1.82, 2.24) is 30.6 Å². The Morgan fingerprint density at radius 1 is 0.936 bits per heavy atom. The van der Waals surface area contributed by atoms with E-state index in [-0.39, 0.29) is 42.0 Å². The predicted molar refractivity (Wildman–Crippen MR) is 181 cm³/mol. The molecule has 47 heavy (non-hydrogen) atoms. The molecule has 2 unspecified atom stereocenters. The number of piperazine rings is 1. The highest BCUT2D eigenvalue weighted by molar-refractivity contribution is 6.00. The smallest absolute Gasteiger partial charge is 0.270 e. The lowest BCUT2D eigenvalue weighted by atomic mass is 9.83. The van der Waals surface area contributed by atoms with Gasteiger partial charge in [-0.15, -0.1) is 0 Å². The molecule has 2 aliphatic rings. The SMILES string of the molecule is CCC(=O)NC(Cc1ccc(NC(=O)C(NC(=O)c2ccnn2C)C2CCCCC2)cc1)C(=O)N1CCN[C@@H](Cc2ccccc2)C1. The van der Waals surface area contributed by atoms with Crippen LogP contribution in [0.2, 0.25) is 0 Å². The summed E-state index contributed by atoms with van der Waals surface area (Å²) in [6.07, 6.45) is 7.94. The molecule has 5 rings (SSSR count). The van der Waals surface area contributed by atoms with Gasteiger partial charge in [0.25, 0.3) is 5.91 Å². The number of benzene rings is 2. The van der Waals surface area contributed by atoms with Crippen LogP contribution >= 0.6 is 0 Å². The molecular formula is C36H47N7O4. The lowest BCUT2D eigenvalue weighted by molar-refractivity contribution is -0.137. The third-order valence-electron chi connectivity index (χ3n) is 9.25. The molecule has 3 aromatic rings. The number of amides is 4. The van der Waals surface area contributed by atoms with Crippen molar-refractivity contribution in [3.05, 3.63) is 83.7 Å². The fourth-order valence-corrected chi connectivity index (χ4v) is 6.63. The summed E-state index contributed by atoms with van der Waals surface area (Å²) in [6.45, 7) is 3.61. The molecule has 11 nitrogen and oxygen atoms in total. The van der Waals surface area contributed by atoms with Gasteiger partial charge < -0.3 is 26.2 Å². The molecule has 1 saturated carbocycles. The number of hydrogen-bond acceptors (Lipinski definition) is 6. The van der Waals surface area contributed by atoms with E-state index >= 15 is 0 Å². The van der Waals surface area contributed by atoms with Gasteiger partial charge in [0.1, 0.15) is 17.8 Å². The van der Waals surface area contributed by atoms with Gasteiger partial charge in [-0.3, -0.25) is 23.9 Å². The zero-order chi connectivity index (χ0) is 33.2. The fourth-order valence-electron chi connectivity index (χ4n) is 6.63. The van der Waals surface area contributed by atoms with E-state index in [9.17, 15) is 19.2 Å². The Bertz CT molecular complexity index is 1500. The fraction of sp³-hybridized carbons (Fsp3) is 0.472. The molecule has 4 amide bonds. The van der Waals surface area contributed by atoms with E-state index in [1.165, 1.54) is 10.2 Å². The summed E-state index contributed by atoms with van der Waals surface area (Å²) in [5, 5.41) is 16.5. The summed E-state index contributed by atoms with van der Waals surface area (Å²) in [6, 6.07) is 18.0. The number of nitrogens with zero attached hydrogens (tertiary/aromatic N) is 3. The van der Waals surface area contributed by atoms with Crippen molar-refractivity contribution in [3.8, 4) is 0 Å². The third-order valence-corrected chi connectivity index (χ3v) is 9.25. The van der Waals surface area contributed by atoms with E-state index in [0.29, 0.717) is 37.4 Å². The van der Waals surface area contributed by atoms with Crippen LogP contribution < -0.4 is 21.3 Å². The Labute approximate surface area is 276 Å². The van der Waals surface area contributed by atoms with Crippen molar-refractivity contribution in [2.45, 2.75) is 76.4 Å². The van der Waals surface area contributed by atoms with Crippen molar-refractivity contribution in [3.63, 3.8) is 0 Å². The maximum Gasteiger partial charge on any atom is 0.270 e. The minimum atomic E-state index is -0.698. The number of carbonyl (C=O) groups is 4. The Morgan fingerprint density at radius 2 is 1.68 bits per heavy atom. The van der Waals surface area contributed by atoms with E-state index in [2.05, 4.69) is 38.5 Å². The van der Waals surface area contributed by atoms with Gasteiger partial charge in [-0.2, -0.15) is 5.10 Å². The number of hydrogen-bond donors (Lipinski definition) is 4. The Kier molecular flexibility index (Phi) is 11.8. The Balaban J connectivity index is 1.23. The molecule has 0 radical (unpaired) electrons. The average molecular weight is 642 g/mol. The summed E-state index contributed by atoms with van der Waals surface area (Å²) in [5.74, 6) is -0.807. The third kappa shape index (κ3) is 9.28. The second-order valence-electron chi connectivity index (χ2n) is 12.7. The molecule has 1 aliphatic heterocycles. The van der Waals surface area contributed by atoms with Crippen molar-refractivity contribution < 1.29 is 19.2 Å². The lowest BCUT2D eigenvalue weighted by Crippen LogP contribution is -2.58. The van der Waals surface area contributed by atoms with E-state index in [1.807, 2.05) is 35.2 Å². The van der Waals surface area contributed by atoms with Gasteiger partial charge in [-0.1, -0.05) is 68.7 Å². The number of rotatable bonds is 12. The predicted octanol–water partition coefficient (Wildman–Crippen LogP) is 3.22. The average Bonchev–Trinajstić information content (AvgIpc) is 3.54. The van der Waals surface area contributed by atoms with Crippen LogP contribution in [-0.4, -0.2) is 76.1 Å². The summed E-state index contributed by atoms with van der Waals surface area (Å²) in [4.78, 5) is 54.7. The minimum absolute atomic E-state index is 0.0476. The molecule has 0 spiro atoms. The molecule has 2 fully saturated rings. The highest BCUT2D eigenvalue weighted by atomic mass is 16.2. The number of nitrogens with one attached hydrogen (secondary N) is 4. The molecule has 2 aromatic carbocycles. The minimum Gasteiger partial charge on any atom is -0.344 e. The first-order chi connectivity index (χ1) is 22.8. The van der Waals surface area contributed by atoms with Gasteiger partial charge in [-0.05, 0) is 54.5 Å². The van der Waals surface area contributed by atoms with Crippen LogP contribution in [0.25, 0.3) is 0 Å². The Hall–Kier alpha value is -4.51. The van der Waals surface area contributed by atoms with E-state index in [4.69, 9.17) is 0 Å². The first kappa shape index (κ1) is 33.8. The van der Waals surface area contributed by atoms with Crippen molar-refractivity contribution in [2.24, 2.45) is 13.0 Å². The van der Waals surface area contributed by atoms with Crippen molar-refractivity contribution in [2.75, 3.05) is 25.0 Å². The molecule has 2 heterocycles. The largest absolute Gasteiger partial charge is 0.344 e. The maximum atomic E-state index is 13.8. The molecule has 1 aromatic heterocycles. The van der Waals surface area contributed by atoms with Crippen LogP contribution in [0.3, 0.4) is 0 Å². The van der Waals surface area contributed by atoms with Gasteiger partial charge in [0.15, 0.2) is 0 Å². The van der Waals surface area contributed by atoms with E-state index < -0.39 is 12.1 Å². The molecular weight excluding hydrogens is 594 g/mol. The second-order valence-corrected chi connectivity index (χ2v) is 12.7. The monoisotopic (exact) mass is 641 g/mol. The molecule has 3 atom stereocenters. The topological polar surface area (TPSA) is 137 Å². The van der Waals surface area contributed by atoms with Gasteiger partial charge >= 0.3 is 0 Å². The standard InChI is InChI=1S/C36H47N7O4/c1-3-32(44)40-30(36(47)43-21-20-37-29(24-43)22-25-10-6-4-7-11-25)23-26-14-16-28(17-15-26)39-35(46)33(27-12-8-5-9-13-27)41-34(45)31-18-19-38-42(31)2/h4,6-7,10-11,14-19,27,29-30,33,37H,3,5,8-9,12-13,20-24H2,1-2H3,(H,39,46)(H,40,44)(H,41,45)/t29-,30?,33?/m0/s1.